The van der Waals surface area contributed by atoms with Crippen LogP contribution in [0.15, 0.2) is 12.7 Å². The highest BCUT2D eigenvalue weighted by molar-refractivity contribution is 7.46. The fourth-order valence-corrected chi connectivity index (χ4v) is 2.21. The molecule has 4 N–H and O–H groups in total. The van der Waals surface area contributed by atoms with Crippen LogP contribution in [0.25, 0.3) is 0 Å². The van der Waals surface area contributed by atoms with Gasteiger partial charge >= 0.3 is 7.82 Å². The monoisotopic (exact) mass is 337 g/mol. The standard InChI is InChI=1S/C14H28NO6P/c1-2-3-4-5-6-7-8-9-10-14(17)15-11-13(16)12-21-22(18,19)20/h2,13,16H,1,3-12H2,(H,15,17)(H2,18,19,20). The third-order valence-electron chi connectivity index (χ3n) is 3.03. The summed E-state index contributed by atoms with van der Waals surface area (Å²) in [4.78, 5) is 28.4. The zero-order valence-corrected chi connectivity index (χ0v) is 13.8. The van der Waals surface area contributed by atoms with Gasteiger partial charge in [0.2, 0.25) is 5.91 Å². The Balaban J connectivity index is 3.46. The molecule has 1 atom stereocenters. The molecule has 1 unspecified atom stereocenters. The number of amides is 1. The molecular formula is C14H28NO6P. The highest BCUT2D eigenvalue weighted by atomic mass is 31.2. The average molecular weight is 337 g/mol. The molecule has 0 bridgehead atoms. The minimum Gasteiger partial charge on any atom is -0.389 e. The average Bonchev–Trinajstić information content (AvgIpc) is 2.45. The van der Waals surface area contributed by atoms with Crippen LogP contribution in [0, 0.1) is 0 Å². The van der Waals surface area contributed by atoms with Gasteiger partial charge in [-0.15, -0.1) is 6.58 Å². The van der Waals surface area contributed by atoms with Crippen LogP contribution in [0.2, 0.25) is 0 Å². The Morgan fingerprint density at radius 3 is 2.36 bits per heavy atom. The highest BCUT2D eigenvalue weighted by Crippen LogP contribution is 2.35. The number of aliphatic hydroxyl groups is 1. The van der Waals surface area contributed by atoms with Crippen LogP contribution in [0.3, 0.4) is 0 Å². The van der Waals surface area contributed by atoms with E-state index in [0.29, 0.717) is 6.42 Å². The maximum absolute atomic E-state index is 11.5. The Kier molecular flexibility index (Phi) is 12.4. The number of carbonyl (C=O) groups excluding carboxylic acids is 1. The number of hydrogen-bond donors (Lipinski definition) is 4. The maximum Gasteiger partial charge on any atom is 0.469 e. The van der Waals surface area contributed by atoms with Gasteiger partial charge in [-0.1, -0.05) is 31.8 Å². The number of hydrogen-bond acceptors (Lipinski definition) is 4. The van der Waals surface area contributed by atoms with E-state index in [1.165, 1.54) is 12.8 Å². The summed E-state index contributed by atoms with van der Waals surface area (Å²) in [5.41, 5.74) is 0. The number of carbonyl (C=O) groups is 1. The van der Waals surface area contributed by atoms with E-state index < -0.39 is 20.5 Å². The number of phosphoric acid groups is 1. The predicted molar refractivity (Wildman–Crippen MR) is 84.1 cm³/mol. The fraction of sp³-hybridized carbons (Fsp3) is 0.786. The van der Waals surface area contributed by atoms with E-state index in [1.807, 2.05) is 6.08 Å². The molecule has 0 rings (SSSR count). The van der Waals surface area contributed by atoms with Crippen molar-refractivity contribution in [1.82, 2.24) is 5.32 Å². The summed E-state index contributed by atoms with van der Waals surface area (Å²) in [6.07, 6.45) is 8.62. The van der Waals surface area contributed by atoms with E-state index in [-0.39, 0.29) is 12.5 Å². The van der Waals surface area contributed by atoms with Crippen molar-refractivity contribution in [3.8, 4) is 0 Å². The van der Waals surface area contributed by atoms with Crippen molar-refractivity contribution in [3.63, 3.8) is 0 Å². The first kappa shape index (κ1) is 21.3. The zero-order valence-electron chi connectivity index (χ0n) is 12.9. The third kappa shape index (κ3) is 15.7. The number of allylic oxidation sites excluding steroid dienone is 1. The molecule has 0 aromatic heterocycles. The molecule has 0 aliphatic carbocycles. The lowest BCUT2D eigenvalue weighted by Crippen LogP contribution is -2.34. The summed E-state index contributed by atoms with van der Waals surface area (Å²) in [5.74, 6) is -0.179. The Morgan fingerprint density at radius 1 is 1.18 bits per heavy atom. The number of phosphoric ester groups is 1. The van der Waals surface area contributed by atoms with Gasteiger partial charge in [-0.05, 0) is 19.3 Å². The second-order valence-electron chi connectivity index (χ2n) is 5.19. The molecule has 8 heteroatoms. The molecule has 0 spiro atoms. The molecule has 0 aromatic carbocycles. The molecule has 0 aromatic rings. The van der Waals surface area contributed by atoms with Crippen molar-refractivity contribution in [3.05, 3.63) is 12.7 Å². The molecular weight excluding hydrogens is 309 g/mol. The molecule has 130 valence electrons. The Morgan fingerprint density at radius 2 is 1.77 bits per heavy atom. The minimum absolute atomic E-state index is 0.0829. The van der Waals surface area contributed by atoms with Crippen molar-refractivity contribution in [2.45, 2.75) is 57.5 Å². The third-order valence-corrected chi connectivity index (χ3v) is 3.52. The first-order valence-corrected chi connectivity index (χ1v) is 9.14. The van der Waals surface area contributed by atoms with Gasteiger partial charge in [-0.2, -0.15) is 0 Å². The largest absolute Gasteiger partial charge is 0.469 e. The summed E-state index contributed by atoms with van der Waals surface area (Å²) in [7, 11) is -4.58. The van der Waals surface area contributed by atoms with E-state index in [1.54, 1.807) is 0 Å². The van der Waals surface area contributed by atoms with Gasteiger partial charge in [0.05, 0.1) is 12.7 Å². The summed E-state index contributed by atoms with van der Waals surface area (Å²) in [6.45, 7) is 3.07. The summed E-state index contributed by atoms with van der Waals surface area (Å²) >= 11 is 0. The van der Waals surface area contributed by atoms with E-state index in [2.05, 4.69) is 16.4 Å². The van der Waals surface area contributed by atoms with Crippen LogP contribution in [0.1, 0.15) is 51.4 Å². The van der Waals surface area contributed by atoms with Crippen LogP contribution in [-0.4, -0.2) is 40.1 Å². The topological polar surface area (TPSA) is 116 Å². The Labute approximate surface area is 132 Å². The first-order valence-electron chi connectivity index (χ1n) is 7.61. The molecule has 22 heavy (non-hydrogen) atoms. The molecule has 7 nitrogen and oxygen atoms in total. The molecule has 0 fully saturated rings. The molecule has 0 heterocycles. The van der Waals surface area contributed by atoms with Crippen molar-refractivity contribution in [2.75, 3.05) is 13.2 Å². The van der Waals surface area contributed by atoms with Crippen molar-refractivity contribution < 1.29 is 28.8 Å². The first-order chi connectivity index (χ1) is 10.3. The van der Waals surface area contributed by atoms with Gasteiger partial charge in [0.15, 0.2) is 0 Å². The van der Waals surface area contributed by atoms with Gasteiger partial charge in [0.1, 0.15) is 0 Å². The second kappa shape index (κ2) is 12.8. The lowest BCUT2D eigenvalue weighted by molar-refractivity contribution is -0.121. The Bertz CT molecular complexity index is 357. The van der Waals surface area contributed by atoms with E-state index >= 15 is 0 Å². The summed E-state index contributed by atoms with van der Waals surface area (Å²) in [6, 6.07) is 0. The lowest BCUT2D eigenvalue weighted by atomic mass is 10.1. The van der Waals surface area contributed by atoms with E-state index in [0.717, 1.165) is 32.1 Å². The molecule has 1 amide bonds. The second-order valence-corrected chi connectivity index (χ2v) is 6.43. The smallest absolute Gasteiger partial charge is 0.389 e. The number of aliphatic hydroxyl groups excluding tert-OH is 1. The molecule has 0 saturated heterocycles. The van der Waals surface area contributed by atoms with Crippen LogP contribution in [0.4, 0.5) is 0 Å². The van der Waals surface area contributed by atoms with Crippen molar-refractivity contribution in [1.29, 1.82) is 0 Å². The number of rotatable bonds is 14. The molecule has 0 radical (unpaired) electrons. The predicted octanol–water partition coefficient (Wildman–Crippen LogP) is 1.88. The van der Waals surface area contributed by atoms with Crippen molar-refractivity contribution in [2.24, 2.45) is 0 Å². The quantitative estimate of drug-likeness (QED) is 0.218. The fourth-order valence-electron chi connectivity index (χ4n) is 1.84. The van der Waals surface area contributed by atoms with E-state index in [4.69, 9.17) is 9.79 Å². The van der Waals surface area contributed by atoms with Gasteiger partial charge in [0.25, 0.3) is 0 Å². The minimum atomic E-state index is -4.58. The summed E-state index contributed by atoms with van der Waals surface area (Å²) < 4.78 is 14.6. The SMILES string of the molecule is C=CCCCCCCCCC(=O)NCC(O)COP(=O)(O)O. The van der Waals surface area contributed by atoms with Crippen LogP contribution in [0.5, 0.6) is 0 Å². The normalized spacial score (nSPS) is 12.9. The Hall–Kier alpha value is -0.720. The van der Waals surface area contributed by atoms with Crippen molar-refractivity contribution >= 4 is 13.7 Å². The van der Waals surface area contributed by atoms with Crippen LogP contribution in [-0.2, 0) is 13.9 Å². The summed E-state index contributed by atoms with van der Waals surface area (Å²) in [5, 5.41) is 11.9. The lowest BCUT2D eigenvalue weighted by Gasteiger charge is -2.12. The van der Waals surface area contributed by atoms with Gasteiger partial charge in [-0.25, -0.2) is 4.57 Å². The van der Waals surface area contributed by atoms with Crippen LogP contribution >= 0.6 is 7.82 Å². The number of nitrogens with one attached hydrogen (secondary N) is 1. The van der Waals surface area contributed by atoms with Crippen LogP contribution < -0.4 is 5.32 Å². The van der Waals surface area contributed by atoms with Gasteiger partial charge in [0, 0.05) is 13.0 Å². The maximum atomic E-state index is 11.5. The highest BCUT2D eigenvalue weighted by Gasteiger charge is 2.17. The zero-order chi connectivity index (χ0) is 16.8. The molecule has 0 saturated carbocycles. The van der Waals surface area contributed by atoms with Gasteiger partial charge < -0.3 is 20.2 Å². The molecule has 0 aliphatic heterocycles. The van der Waals surface area contributed by atoms with E-state index in [9.17, 15) is 14.5 Å². The molecule has 0 aliphatic rings. The van der Waals surface area contributed by atoms with Gasteiger partial charge in [-0.3, -0.25) is 9.32 Å². The number of unbranched alkanes of at least 4 members (excludes halogenated alkanes) is 6.